The first-order chi connectivity index (χ1) is 12.5. The summed E-state index contributed by atoms with van der Waals surface area (Å²) in [4.78, 5) is 28.9. The maximum atomic E-state index is 12.9. The quantitative estimate of drug-likeness (QED) is 0.848. The predicted molar refractivity (Wildman–Crippen MR) is 102 cm³/mol. The summed E-state index contributed by atoms with van der Waals surface area (Å²) in [5, 5.41) is 0. The third-order valence-corrected chi connectivity index (χ3v) is 4.58. The summed E-state index contributed by atoms with van der Waals surface area (Å²) in [6.45, 7) is 6.99. The van der Waals surface area contributed by atoms with Gasteiger partial charge < -0.3 is 14.5 Å². The molecule has 5 heteroatoms. The van der Waals surface area contributed by atoms with E-state index in [9.17, 15) is 9.59 Å². The molecule has 0 radical (unpaired) electrons. The van der Waals surface area contributed by atoms with Crippen molar-refractivity contribution in [2.75, 3.05) is 24.6 Å². The van der Waals surface area contributed by atoms with Crippen LogP contribution in [0.1, 0.15) is 29.8 Å². The predicted octanol–water partition coefficient (Wildman–Crippen LogP) is 3.27. The molecular weight excluding hydrogens is 328 g/mol. The fraction of sp³-hybridized carbons (Fsp3) is 0.333. The first-order valence-electron chi connectivity index (χ1n) is 8.90. The summed E-state index contributed by atoms with van der Waals surface area (Å²) in [5.41, 5.74) is 2.56. The molecule has 5 nitrogen and oxygen atoms in total. The number of benzene rings is 2. The summed E-state index contributed by atoms with van der Waals surface area (Å²) in [6.07, 6.45) is 0. The molecule has 1 atom stereocenters. The number of carbonyl (C=O) groups excluding carboxylic acids is 2. The lowest BCUT2D eigenvalue weighted by Crippen LogP contribution is -2.57. The van der Waals surface area contributed by atoms with Gasteiger partial charge >= 0.3 is 0 Å². The van der Waals surface area contributed by atoms with Crippen LogP contribution in [0.2, 0.25) is 0 Å². The SMILES string of the molecule is CCOc1cccc(C(=O)N2CC(=O)N(c3ccc(C)cc3)CC2C)c1. The van der Waals surface area contributed by atoms with Crippen LogP contribution in [0.3, 0.4) is 0 Å². The van der Waals surface area contributed by atoms with Gasteiger partial charge in [0.2, 0.25) is 5.91 Å². The minimum atomic E-state index is -0.143. The second kappa shape index (κ2) is 7.60. The number of rotatable bonds is 4. The van der Waals surface area contributed by atoms with E-state index in [0.717, 1.165) is 11.3 Å². The Morgan fingerprint density at radius 1 is 1.19 bits per heavy atom. The Morgan fingerprint density at radius 2 is 1.92 bits per heavy atom. The van der Waals surface area contributed by atoms with Gasteiger partial charge in [-0.3, -0.25) is 9.59 Å². The second-order valence-electron chi connectivity index (χ2n) is 6.58. The van der Waals surface area contributed by atoms with Gasteiger partial charge in [0.15, 0.2) is 0 Å². The van der Waals surface area contributed by atoms with Crippen LogP contribution in [0, 0.1) is 6.92 Å². The smallest absolute Gasteiger partial charge is 0.254 e. The molecule has 0 bridgehead atoms. The molecule has 1 fully saturated rings. The highest BCUT2D eigenvalue weighted by Crippen LogP contribution is 2.23. The highest BCUT2D eigenvalue weighted by Gasteiger charge is 2.33. The summed E-state index contributed by atoms with van der Waals surface area (Å²) in [6, 6.07) is 14.9. The highest BCUT2D eigenvalue weighted by molar-refractivity contribution is 6.02. The Balaban J connectivity index is 1.76. The molecule has 0 aromatic heterocycles. The molecule has 1 unspecified atom stereocenters. The van der Waals surface area contributed by atoms with Crippen molar-refractivity contribution >= 4 is 17.5 Å². The average Bonchev–Trinajstić information content (AvgIpc) is 2.64. The molecule has 2 aromatic rings. The molecule has 1 aliphatic heterocycles. The van der Waals surface area contributed by atoms with Gasteiger partial charge in [-0.2, -0.15) is 0 Å². The largest absolute Gasteiger partial charge is 0.494 e. The van der Waals surface area contributed by atoms with E-state index in [4.69, 9.17) is 4.74 Å². The Kier molecular flexibility index (Phi) is 5.26. The van der Waals surface area contributed by atoms with Crippen molar-refractivity contribution in [1.82, 2.24) is 4.90 Å². The van der Waals surface area contributed by atoms with Gasteiger partial charge in [0.1, 0.15) is 12.3 Å². The van der Waals surface area contributed by atoms with Crippen molar-refractivity contribution < 1.29 is 14.3 Å². The zero-order chi connectivity index (χ0) is 18.7. The van der Waals surface area contributed by atoms with Crippen LogP contribution >= 0.6 is 0 Å². The van der Waals surface area contributed by atoms with E-state index in [1.807, 2.05) is 51.1 Å². The van der Waals surface area contributed by atoms with Gasteiger partial charge in [-0.1, -0.05) is 23.8 Å². The van der Waals surface area contributed by atoms with E-state index in [1.54, 1.807) is 28.0 Å². The van der Waals surface area contributed by atoms with Crippen LogP contribution < -0.4 is 9.64 Å². The van der Waals surface area contributed by atoms with E-state index < -0.39 is 0 Å². The maximum Gasteiger partial charge on any atom is 0.254 e. The summed E-state index contributed by atoms with van der Waals surface area (Å²) in [7, 11) is 0. The molecule has 26 heavy (non-hydrogen) atoms. The molecule has 0 spiro atoms. The number of nitrogens with zero attached hydrogens (tertiary/aromatic N) is 2. The summed E-state index contributed by atoms with van der Waals surface area (Å²) in [5.74, 6) is 0.452. The van der Waals surface area contributed by atoms with Crippen molar-refractivity contribution in [3.8, 4) is 5.75 Å². The van der Waals surface area contributed by atoms with Crippen LogP contribution in [0.4, 0.5) is 5.69 Å². The third kappa shape index (κ3) is 3.72. The average molecular weight is 352 g/mol. The van der Waals surface area contributed by atoms with Crippen molar-refractivity contribution in [3.05, 3.63) is 59.7 Å². The van der Waals surface area contributed by atoms with E-state index in [1.165, 1.54) is 0 Å². The van der Waals surface area contributed by atoms with Crippen LogP contribution in [0.5, 0.6) is 5.75 Å². The normalized spacial score (nSPS) is 17.3. The minimum absolute atomic E-state index is 0.0683. The second-order valence-corrected chi connectivity index (χ2v) is 6.58. The molecule has 2 amide bonds. The number of ether oxygens (including phenoxy) is 1. The Labute approximate surface area is 154 Å². The van der Waals surface area contributed by atoms with Crippen LogP contribution in [-0.2, 0) is 4.79 Å². The molecule has 2 aromatic carbocycles. The third-order valence-electron chi connectivity index (χ3n) is 4.58. The van der Waals surface area contributed by atoms with Gasteiger partial charge in [0.25, 0.3) is 5.91 Å². The number of hydrogen-bond donors (Lipinski definition) is 0. The number of anilines is 1. The van der Waals surface area contributed by atoms with Gasteiger partial charge in [-0.05, 0) is 51.1 Å². The number of carbonyl (C=O) groups is 2. The van der Waals surface area contributed by atoms with Crippen molar-refractivity contribution in [1.29, 1.82) is 0 Å². The first-order valence-corrected chi connectivity index (χ1v) is 8.90. The zero-order valence-corrected chi connectivity index (χ0v) is 15.4. The van der Waals surface area contributed by atoms with Crippen molar-refractivity contribution in [3.63, 3.8) is 0 Å². The van der Waals surface area contributed by atoms with Crippen LogP contribution in [0.25, 0.3) is 0 Å². The van der Waals surface area contributed by atoms with E-state index in [2.05, 4.69) is 0 Å². The number of aryl methyl sites for hydroxylation is 1. The fourth-order valence-electron chi connectivity index (χ4n) is 3.15. The summed E-state index contributed by atoms with van der Waals surface area (Å²) < 4.78 is 5.47. The monoisotopic (exact) mass is 352 g/mol. The Morgan fingerprint density at radius 3 is 2.62 bits per heavy atom. The molecule has 0 aliphatic carbocycles. The molecule has 1 aliphatic rings. The maximum absolute atomic E-state index is 12.9. The van der Waals surface area contributed by atoms with Gasteiger partial charge in [-0.15, -0.1) is 0 Å². The minimum Gasteiger partial charge on any atom is -0.494 e. The van der Waals surface area contributed by atoms with Crippen molar-refractivity contribution in [2.45, 2.75) is 26.8 Å². The van der Waals surface area contributed by atoms with E-state index in [0.29, 0.717) is 24.5 Å². The highest BCUT2D eigenvalue weighted by atomic mass is 16.5. The topological polar surface area (TPSA) is 49.9 Å². The molecule has 1 saturated heterocycles. The molecule has 136 valence electrons. The van der Waals surface area contributed by atoms with Crippen LogP contribution in [-0.4, -0.2) is 42.5 Å². The number of hydrogen-bond acceptors (Lipinski definition) is 3. The molecular formula is C21H24N2O3. The Bertz CT molecular complexity index is 801. The lowest BCUT2D eigenvalue weighted by atomic mass is 10.1. The van der Waals surface area contributed by atoms with Crippen molar-refractivity contribution in [2.24, 2.45) is 0 Å². The van der Waals surface area contributed by atoms with Crippen LogP contribution in [0.15, 0.2) is 48.5 Å². The lowest BCUT2D eigenvalue weighted by Gasteiger charge is -2.39. The summed E-state index contributed by atoms with van der Waals surface area (Å²) >= 11 is 0. The standard InChI is InChI=1S/C21H24N2O3/c1-4-26-19-7-5-6-17(12-19)21(25)22-14-20(24)23(13-16(22)3)18-10-8-15(2)9-11-18/h5-12,16H,4,13-14H2,1-3H3. The molecule has 1 heterocycles. The van der Waals surface area contributed by atoms with Gasteiger partial charge in [0.05, 0.1) is 6.61 Å². The number of piperazine rings is 1. The Hall–Kier alpha value is -2.82. The first kappa shape index (κ1) is 18.0. The molecule has 0 N–H and O–H groups in total. The number of amides is 2. The van der Waals surface area contributed by atoms with E-state index >= 15 is 0 Å². The molecule has 3 rings (SSSR count). The van der Waals surface area contributed by atoms with Gasteiger partial charge in [0, 0.05) is 23.8 Å². The lowest BCUT2D eigenvalue weighted by molar-refractivity contribution is -0.121. The fourth-order valence-corrected chi connectivity index (χ4v) is 3.15. The van der Waals surface area contributed by atoms with Gasteiger partial charge in [-0.25, -0.2) is 0 Å². The molecule has 0 saturated carbocycles. The van der Waals surface area contributed by atoms with E-state index in [-0.39, 0.29) is 24.4 Å². The zero-order valence-electron chi connectivity index (χ0n) is 15.4.